The summed E-state index contributed by atoms with van der Waals surface area (Å²) in [6, 6.07) is 6.49. The molecular formula is C15H20FNO2. The molecule has 0 saturated heterocycles. The van der Waals surface area contributed by atoms with E-state index in [1.165, 1.54) is 12.1 Å². The van der Waals surface area contributed by atoms with Gasteiger partial charge in [-0.25, -0.2) is 4.39 Å². The summed E-state index contributed by atoms with van der Waals surface area (Å²) in [6.45, 7) is 2.06. The third kappa shape index (κ3) is 3.53. The minimum atomic E-state index is -0.254. The summed E-state index contributed by atoms with van der Waals surface area (Å²) in [6.07, 6.45) is 2.17. The molecule has 3 atom stereocenters. The largest absolute Gasteiger partial charge is 0.396 e. The second-order valence-electron chi connectivity index (χ2n) is 5.13. The molecule has 2 N–H and O–H groups in total. The summed E-state index contributed by atoms with van der Waals surface area (Å²) >= 11 is 0. The Morgan fingerprint density at radius 3 is 3.00 bits per heavy atom. The standard InChI is InChI=1S/C15H20FNO2/c1-2-12(6-7-18)17-15(19)14-9-13(14)10-4-3-5-11(16)8-10/h3-5,8,12-14,18H,2,6-7,9H2,1H3,(H,17,19). The Kier molecular flexibility index (Phi) is 4.53. The van der Waals surface area contributed by atoms with Gasteiger partial charge in [-0.05, 0) is 42.9 Å². The lowest BCUT2D eigenvalue weighted by Gasteiger charge is -2.15. The smallest absolute Gasteiger partial charge is 0.223 e. The van der Waals surface area contributed by atoms with Crippen LogP contribution in [0, 0.1) is 11.7 Å². The fraction of sp³-hybridized carbons (Fsp3) is 0.533. The molecule has 1 aliphatic carbocycles. The van der Waals surface area contributed by atoms with E-state index in [1.807, 2.05) is 13.0 Å². The van der Waals surface area contributed by atoms with Crippen LogP contribution in [-0.2, 0) is 4.79 Å². The highest BCUT2D eigenvalue weighted by Crippen LogP contribution is 2.47. The van der Waals surface area contributed by atoms with E-state index in [9.17, 15) is 9.18 Å². The number of halogens is 1. The lowest BCUT2D eigenvalue weighted by atomic mass is 10.1. The molecule has 1 aromatic carbocycles. The summed E-state index contributed by atoms with van der Waals surface area (Å²) in [5.74, 6) is -0.137. The van der Waals surface area contributed by atoms with Gasteiger partial charge < -0.3 is 10.4 Å². The van der Waals surface area contributed by atoms with Gasteiger partial charge in [0.15, 0.2) is 0 Å². The van der Waals surface area contributed by atoms with E-state index in [2.05, 4.69) is 5.32 Å². The number of carbonyl (C=O) groups excluding carboxylic acids is 1. The van der Waals surface area contributed by atoms with E-state index in [1.54, 1.807) is 6.07 Å². The topological polar surface area (TPSA) is 49.3 Å². The molecule has 1 amide bonds. The average molecular weight is 265 g/mol. The molecule has 0 bridgehead atoms. The number of carbonyl (C=O) groups is 1. The zero-order valence-electron chi connectivity index (χ0n) is 11.1. The van der Waals surface area contributed by atoms with Gasteiger partial charge in [0, 0.05) is 18.6 Å². The Labute approximate surface area is 112 Å². The highest BCUT2D eigenvalue weighted by Gasteiger charge is 2.44. The van der Waals surface area contributed by atoms with Gasteiger partial charge in [-0.2, -0.15) is 0 Å². The van der Waals surface area contributed by atoms with Crippen molar-refractivity contribution in [2.24, 2.45) is 5.92 Å². The molecule has 1 aliphatic rings. The Bertz CT molecular complexity index is 450. The molecule has 3 unspecified atom stereocenters. The fourth-order valence-corrected chi connectivity index (χ4v) is 2.43. The average Bonchev–Trinajstić information content (AvgIpc) is 3.18. The van der Waals surface area contributed by atoms with E-state index in [0.29, 0.717) is 6.42 Å². The lowest BCUT2D eigenvalue weighted by Crippen LogP contribution is -2.36. The Morgan fingerprint density at radius 2 is 2.37 bits per heavy atom. The summed E-state index contributed by atoms with van der Waals surface area (Å²) in [4.78, 5) is 12.0. The van der Waals surface area contributed by atoms with Crippen LogP contribution in [0.15, 0.2) is 24.3 Å². The third-order valence-electron chi connectivity index (χ3n) is 3.72. The van der Waals surface area contributed by atoms with Crippen molar-refractivity contribution in [2.45, 2.75) is 38.1 Å². The van der Waals surface area contributed by atoms with Crippen LogP contribution < -0.4 is 5.32 Å². The quantitative estimate of drug-likeness (QED) is 0.828. The van der Waals surface area contributed by atoms with Crippen molar-refractivity contribution in [3.63, 3.8) is 0 Å². The number of aliphatic hydroxyl groups excluding tert-OH is 1. The molecule has 3 nitrogen and oxygen atoms in total. The molecule has 4 heteroatoms. The van der Waals surface area contributed by atoms with Crippen LogP contribution in [0.2, 0.25) is 0 Å². The summed E-state index contributed by atoms with van der Waals surface area (Å²) < 4.78 is 13.1. The van der Waals surface area contributed by atoms with Crippen molar-refractivity contribution in [1.29, 1.82) is 0 Å². The maximum atomic E-state index is 13.1. The van der Waals surface area contributed by atoms with Crippen molar-refractivity contribution in [3.8, 4) is 0 Å². The molecule has 19 heavy (non-hydrogen) atoms. The molecule has 0 aliphatic heterocycles. The number of amides is 1. The molecule has 1 saturated carbocycles. The van der Waals surface area contributed by atoms with Crippen LogP contribution >= 0.6 is 0 Å². The zero-order chi connectivity index (χ0) is 13.8. The number of benzene rings is 1. The molecule has 1 aromatic rings. The minimum Gasteiger partial charge on any atom is -0.396 e. The van der Waals surface area contributed by atoms with Gasteiger partial charge in [0.2, 0.25) is 5.91 Å². The van der Waals surface area contributed by atoms with Gasteiger partial charge in [-0.3, -0.25) is 4.79 Å². The van der Waals surface area contributed by atoms with Crippen LogP contribution in [-0.4, -0.2) is 23.7 Å². The Hall–Kier alpha value is -1.42. The van der Waals surface area contributed by atoms with Gasteiger partial charge in [-0.1, -0.05) is 19.1 Å². The lowest BCUT2D eigenvalue weighted by molar-refractivity contribution is -0.123. The van der Waals surface area contributed by atoms with E-state index in [0.717, 1.165) is 18.4 Å². The maximum Gasteiger partial charge on any atom is 0.223 e. The van der Waals surface area contributed by atoms with Crippen molar-refractivity contribution in [1.82, 2.24) is 5.32 Å². The first kappa shape index (κ1) is 14.0. The predicted octanol–water partition coefficient (Wildman–Crippen LogP) is 2.21. The van der Waals surface area contributed by atoms with E-state index >= 15 is 0 Å². The summed E-state index contributed by atoms with van der Waals surface area (Å²) in [5, 5.41) is 11.9. The SMILES string of the molecule is CCC(CCO)NC(=O)C1CC1c1cccc(F)c1. The first-order valence-electron chi connectivity index (χ1n) is 6.82. The Morgan fingerprint density at radius 1 is 1.58 bits per heavy atom. The number of nitrogens with one attached hydrogen (secondary N) is 1. The van der Waals surface area contributed by atoms with Crippen molar-refractivity contribution in [3.05, 3.63) is 35.6 Å². The minimum absolute atomic E-state index is 0.0227. The molecule has 0 heterocycles. The van der Waals surface area contributed by atoms with E-state index in [4.69, 9.17) is 5.11 Å². The molecule has 0 radical (unpaired) electrons. The number of hydrogen-bond acceptors (Lipinski definition) is 2. The monoisotopic (exact) mass is 265 g/mol. The highest BCUT2D eigenvalue weighted by molar-refractivity contribution is 5.83. The van der Waals surface area contributed by atoms with Gasteiger partial charge in [0.05, 0.1) is 0 Å². The van der Waals surface area contributed by atoms with E-state index in [-0.39, 0.29) is 36.2 Å². The van der Waals surface area contributed by atoms with Crippen molar-refractivity contribution in [2.75, 3.05) is 6.61 Å². The highest BCUT2D eigenvalue weighted by atomic mass is 19.1. The summed E-state index contributed by atoms with van der Waals surface area (Å²) in [7, 11) is 0. The van der Waals surface area contributed by atoms with E-state index < -0.39 is 0 Å². The van der Waals surface area contributed by atoms with Crippen molar-refractivity contribution < 1.29 is 14.3 Å². The van der Waals surface area contributed by atoms with Crippen molar-refractivity contribution >= 4 is 5.91 Å². The molecule has 0 spiro atoms. The second-order valence-corrected chi connectivity index (χ2v) is 5.13. The zero-order valence-corrected chi connectivity index (χ0v) is 11.1. The normalized spacial score (nSPS) is 22.9. The number of rotatable bonds is 6. The second kappa shape index (κ2) is 6.15. The van der Waals surface area contributed by atoms with Crippen LogP contribution in [0.5, 0.6) is 0 Å². The number of hydrogen-bond donors (Lipinski definition) is 2. The third-order valence-corrected chi connectivity index (χ3v) is 3.72. The molecule has 104 valence electrons. The Balaban J connectivity index is 1.90. The van der Waals surface area contributed by atoms with Gasteiger partial charge in [0.1, 0.15) is 5.82 Å². The summed E-state index contributed by atoms with van der Waals surface area (Å²) in [5.41, 5.74) is 0.898. The van der Waals surface area contributed by atoms with Crippen LogP contribution in [0.1, 0.15) is 37.7 Å². The van der Waals surface area contributed by atoms with Crippen LogP contribution in [0.4, 0.5) is 4.39 Å². The number of aliphatic hydroxyl groups is 1. The molecule has 1 fully saturated rings. The molecule has 2 rings (SSSR count). The first-order valence-corrected chi connectivity index (χ1v) is 6.82. The first-order chi connectivity index (χ1) is 9.15. The maximum absolute atomic E-state index is 13.1. The molecular weight excluding hydrogens is 245 g/mol. The van der Waals surface area contributed by atoms with Gasteiger partial charge in [-0.15, -0.1) is 0 Å². The van der Waals surface area contributed by atoms with Gasteiger partial charge >= 0.3 is 0 Å². The van der Waals surface area contributed by atoms with Crippen LogP contribution in [0.25, 0.3) is 0 Å². The predicted molar refractivity (Wildman–Crippen MR) is 71.2 cm³/mol. The molecule has 0 aromatic heterocycles. The van der Waals surface area contributed by atoms with Gasteiger partial charge in [0.25, 0.3) is 0 Å². The van der Waals surface area contributed by atoms with Crippen LogP contribution in [0.3, 0.4) is 0 Å². The fourth-order valence-electron chi connectivity index (χ4n) is 2.43.